The van der Waals surface area contributed by atoms with Gasteiger partial charge < -0.3 is 10.3 Å². The summed E-state index contributed by atoms with van der Waals surface area (Å²) in [6.45, 7) is 0.301. The van der Waals surface area contributed by atoms with Crippen LogP contribution in [0.2, 0.25) is 0 Å². The topological polar surface area (TPSA) is 88.0 Å². The molecule has 0 radical (unpaired) electrons. The van der Waals surface area contributed by atoms with E-state index in [0.717, 1.165) is 33.3 Å². The highest BCUT2D eigenvalue weighted by molar-refractivity contribution is 5.91. The van der Waals surface area contributed by atoms with Gasteiger partial charge in [0.1, 0.15) is 5.82 Å². The molecule has 1 aromatic heterocycles. The SMILES string of the molecule is O=C(CCc1c(-c2ccc(F)cc2)[nH]c2ccccc12)NCc1ccc([N+](=O)[O-])cc1. The summed E-state index contributed by atoms with van der Waals surface area (Å²) >= 11 is 0. The Morgan fingerprint density at radius 3 is 2.42 bits per heavy atom. The highest BCUT2D eigenvalue weighted by Crippen LogP contribution is 2.31. The highest BCUT2D eigenvalue weighted by atomic mass is 19.1. The third kappa shape index (κ3) is 4.61. The second-order valence-corrected chi connectivity index (χ2v) is 7.23. The molecule has 1 amide bonds. The molecule has 7 heteroatoms. The van der Waals surface area contributed by atoms with Crippen LogP contribution in [0.5, 0.6) is 0 Å². The van der Waals surface area contributed by atoms with Crippen LogP contribution in [0.4, 0.5) is 10.1 Å². The number of rotatable bonds is 7. The van der Waals surface area contributed by atoms with Gasteiger partial charge in [-0.2, -0.15) is 0 Å². The largest absolute Gasteiger partial charge is 0.354 e. The van der Waals surface area contributed by atoms with Crippen LogP contribution in [0.3, 0.4) is 0 Å². The average molecular weight is 417 g/mol. The summed E-state index contributed by atoms with van der Waals surface area (Å²) in [7, 11) is 0. The van der Waals surface area contributed by atoms with E-state index in [-0.39, 0.29) is 23.8 Å². The Morgan fingerprint density at radius 1 is 1.00 bits per heavy atom. The number of amides is 1. The minimum absolute atomic E-state index is 0.0164. The maximum Gasteiger partial charge on any atom is 0.269 e. The van der Waals surface area contributed by atoms with E-state index in [1.165, 1.54) is 24.3 Å². The molecule has 0 fully saturated rings. The van der Waals surface area contributed by atoms with Crippen molar-refractivity contribution in [1.29, 1.82) is 0 Å². The van der Waals surface area contributed by atoms with E-state index >= 15 is 0 Å². The number of hydrogen-bond donors (Lipinski definition) is 2. The summed E-state index contributed by atoms with van der Waals surface area (Å²) in [6, 6.07) is 20.2. The molecular weight excluding hydrogens is 397 g/mol. The van der Waals surface area contributed by atoms with Crippen molar-refractivity contribution >= 4 is 22.5 Å². The van der Waals surface area contributed by atoms with E-state index < -0.39 is 4.92 Å². The van der Waals surface area contributed by atoms with Crippen molar-refractivity contribution in [3.8, 4) is 11.3 Å². The monoisotopic (exact) mass is 417 g/mol. The minimum Gasteiger partial charge on any atom is -0.354 e. The quantitative estimate of drug-likeness (QED) is 0.323. The maximum absolute atomic E-state index is 13.4. The third-order valence-corrected chi connectivity index (χ3v) is 5.19. The number of aromatic nitrogens is 1. The number of carbonyl (C=O) groups excluding carboxylic acids is 1. The van der Waals surface area contributed by atoms with E-state index in [1.807, 2.05) is 24.3 Å². The summed E-state index contributed by atoms with van der Waals surface area (Å²) in [5, 5.41) is 14.6. The van der Waals surface area contributed by atoms with Gasteiger partial charge in [0.2, 0.25) is 5.91 Å². The molecule has 0 unspecified atom stereocenters. The number of non-ortho nitro benzene ring substituents is 1. The van der Waals surface area contributed by atoms with E-state index in [4.69, 9.17) is 0 Å². The first-order valence-corrected chi connectivity index (χ1v) is 9.87. The number of hydrogen-bond acceptors (Lipinski definition) is 3. The fourth-order valence-electron chi connectivity index (χ4n) is 3.59. The number of nitrogens with zero attached hydrogens (tertiary/aromatic N) is 1. The number of halogens is 1. The van der Waals surface area contributed by atoms with Crippen LogP contribution in [-0.4, -0.2) is 15.8 Å². The van der Waals surface area contributed by atoms with Gasteiger partial charge in [-0.1, -0.05) is 30.3 Å². The van der Waals surface area contributed by atoms with Crippen LogP contribution in [0, 0.1) is 15.9 Å². The Labute approximate surface area is 177 Å². The normalized spacial score (nSPS) is 10.9. The maximum atomic E-state index is 13.4. The van der Waals surface area contributed by atoms with Gasteiger partial charge in [0.25, 0.3) is 5.69 Å². The summed E-state index contributed by atoms with van der Waals surface area (Å²) in [5.74, 6) is -0.416. The molecule has 31 heavy (non-hydrogen) atoms. The number of benzene rings is 3. The zero-order valence-electron chi connectivity index (χ0n) is 16.6. The van der Waals surface area contributed by atoms with Crippen LogP contribution in [0.25, 0.3) is 22.2 Å². The smallest absolute Gasteiger partial charge is 0.269 e. The molecule has 3 aromatic carbocycles. The molecule has 0 aliphatic rings. The fraction of sp³-hybridized carbons (Fsp3) is 0.125. The average Bonchev–Trinajstić information content (AvgIpc) is 3.15. The van der Waals surface area contributed by atoms with Crippen LogP contribution >= 0.6 is 0 Å². The third-order valence-electron chi connectivity index (χ3n) is 5.19. The Kier molecular flexibility index (Phi) is 5.75. The van der Waals surface area contributed by atoms with Gasteiger partial charge in [-0.05, 0) is 53.4 Å². The standard InChI is InChI=1S/C24H20FN3O3/c25-18-9-7-17(8-10-18)24-21(20-3-1-2-4-22(20)27-24)13-14-23(29)26-15-16-5-11-19(12-6-16)28(30)31/h1-12,27H,13-15H2,(H,26,29). The van der Waals surface area contributed by atoms with E-state index in [2.05, 4.69) is 10.3 Å². The first-order chi connectivity index (χ1) is 15.0. The second kappa shape index (κ2) is 8.79. The van der Waals surface area contributed by atoms with Crippen molar-refractivity contribution in [2.45, 2.75) is 19.4 Å². The molecule has 6 nitrogen and oxygen atoms in total. The van der Waals surface area contributed by atoms with Crippen molar-refractivity contribution in [2.75, 3.05) is 0 Å². The first kappa shape index (κ1) is 20.3. The minimum atomic E-state index is -0.456. The summed E-state index contributed by atoms with van der Waals surface area (Å²) in [4.78, 5) is 26.1. The van der Waals surface area contributed by atoms with E-state index in [0.29, 0.717) is 13.0 Å². The Balaban J connectivity index is 1.46. The number of nitrogens with one attached hydrogen (secondary N) is 2. The second-order valence-electron chi connectivity index (χ2n) is 7.23. The predicted octanol–water partition coefficient (Wildman–Crippen LogP) is 5.13. The van der Waals surface area contributed by atoms with Gasteiger partial charge in [-0.25, -0.2) is 4.39 Å². The summed E-state index contributed by atoms with van der Waals surface area (Å²) in [6.07, 6.45) is 0.797. The predicted molar refractivity (Wildman–Crippen MR) is 117 cm³/mol. The number of aromatic amines is 1. The molecule has 4 rings (SSSR count). The van der Waals surface area contributed by atoms with Gasteiger partial charge in [-0.3, -0.25) is 14.9 Å². The number of H-pyrrole nitrogens is 1. The molecule has 156 valence electrons. The van der Waals surface area contributed by atoms with Gasteiger partial charge in [0.05, 0.1) is 4.92 Å². The lowest BCUT2D eigenvalue weighted by Crippen LogP contribution is -2.23. The van der Waals surface area contributed by atoms with Gasteiger partial charge in [0.15, 0.2) is 0 Å². The molecule has 0 bridgehead atoms. The van der Waals surface area contributed by atoms with Crippen molar-refractivity contribution in [3.63, 3.8) is 0 Å². The molecule has 0 aliphatic heterocycles. The zero-order valence-corrected chi connectivity index (χ0v) is 16.6. The van der Waals surface area contributed by atoms with Crippen molar-refractivity contribution in [2.24, 2.45) is 0 Å². The molecule has 2 N–H and O–H groups in total. The lowest BCUT2D eigenvalue weighted by molar-refractivity contribution is -0.384. The number of fused-ring (bicyclic) bond motifs is 1. The molecule has 0 spiro atoms. The molecule has 0 saturated heterocycles. The van der Waals surface area contributed by atoms with Crippen molar-refractivity contribution < 1.29 is 14.1 Å². The van der Waals surface area contributed by atoms with E-state index in [1.54, 1.807) is 24.3 Å². The number of carbonyl (C=O) groups is 1. The Morgan fingerprint density at radius 2 is 1.71 bits per heavy atom. The number of aryl methyl sites for hydroxylation is 1. The van der Waals surface area contributed by atoms with Crippen LogP contribution < -0.4 is 5.32 Å². The fourth-order valence-corrected chi connectivity index (χ4v) is 3.59. The van der Waals surface area contributed by atoms with Crippen LogP contribution in [0.15, 0.2) is 72.8 Å². The van der Waals surface area contributed by atoms with Crippen molar-refractivity contribution in [1.82, 2.24) is 10.3 Å². The number of nitro benzene ring substituents is 1. The van der Waals surface area contributed by atoms with Gasteiger partial charge in [0, 0.05) is 41.7 Å². The number of para-hydroxylation sites is 1. The lowest BCUT2D eigenvalue weighted by atomic mass is 10.0. The molecule has 0 aliphatic carbocycles. The molecule has 0 saturated carbocycles. The van der Waals surface area contributed by atoms with Gasteiger partial charge in [-0.15, -0.1) is 0 Å². The summed E-state index contributed by atoms with van der Waals surface area (Å²) in [5.41, 5.74) is 4.51. The Bertz CT molecular complexity index is 1230. The summed E-state index contributed by atoms with van der Waals surface area (Å²) < 4.78 is 13.4. The van der Waals surface area contributed by atoms with Crippen LogP contribution in [0.1, 0.15) is 17.5 Å². The molecule has 4 aromatic rings. The first-order valence-electron chi connectivity index (χ1n) is 9.87. The van der Waals surface area contributed by atoms with Gasteiger partial charge >= 0.3 is 0 Å². The molecular formula is C24H20FN3O3. The zero-order chi connectivity index (χ0) is 21.8. The molecule has 0 atom stereocenters. The highest BCUT2D eigenvalue weighted by Gasteiger charge is 2.14. The van der Waals surface area contributed by atoms with Crippen LogP contribution in [-0.2, 0) is 17.8 Å². The van der Waals surface area contributed by atoms with E-state index in [9.17, 15) is 19.3 Å². The van der Waals surface area contributed by atoms with Crippen molar-refractivity contribution in [3.05, 3.63) is 99.9 Å². The number of nitro groups is 1. The Hall–Kier alpha value is -4.00. The lowest BCUT2D eigenvalue weighted by Gasteiger charge is -2.08. The molecule has 1 heterocycles.